The molecule has 234 valence electrons. The number of aryl methyl sites for hydroxylation is 2. The van der Waals surface area contributed by atoms with E-state index in [4.69, 9.17) is 4.74 Å². The van der Waals surface area contributed by atoms with Gasteiger partial charge in [-0.25, -0.2) is 14.2 Å². The van der Waals surface area contributed by atoms with Gasteiger partial charge in [0.25, 0.3) is 0 Å². The van der Waals surface area contributed by atoms with Gasteiger partial charge in [0.05, 0.1) is 18.1 Å². The molecule has 0 spiro atoms. The minimum atomic E-state index is -0.718. The van der Waals surface area contributed by atoms with Gasteiger partial charge in [0.15, 0.2) is 17.3 Å². The van der Waals surface area contributed by atoms with Crippen LogP contribution in [-0.4, -0.2) is 15.9 Å². The largest absolute Gasteiger partial charge is 0.419 e. The molecular weight excluding hydrogens is 535 g/mol. The van der Waals surface area contributed by atoms with E-state index in [1.807, 2.05) is 6.07 Å². The molecule has 0 radical (unpaired) electrons. The van der Waals surface area contributed by atoms with Crippen LogP contribution < -0.4 is 4.74 Å². The number of esters is 1. The molecule has 0 N–H and O–H groups in total. The Hall–Kier alpha value is -3.08. The molecule has 0 aliphatic rings. The number of carbonyl (C=O) groups is 1. The molecule has 3 aromatic rings. The number of aromatic nitrogens is 2. The van der Waals surface area contributed by atoms with E-state index in [0.717, 1.165) is 36.8 Å². The first-order valence-corrected chi connectivity index (χ1v) is 17.0. The van der Waals surface area contributed by atoms with Crippen LogP contribution in [0.25, 0.3) is 11.3 Å². The summed E-state index contributed by atoms with van der Waals surface area (Å²) in [4.78, 5) is 21.3. The molecule has 0 amide bonds. The van der Waals surface area contributed by atoms with E-state index in [1.54, 1.807) is 6.20 Å². The fourth-order valence-electron chi connectivity index (χ4n) is 5.46. The van der Waals surface area contributed by atoms with Gasteiger partial charge >= 0.3 is 5.97 Å². The highest BCUT2D eigenvalue weighted by Crippen LogP contribution is 2.22. The van der Waals surface area contributed by atoms with Crippen LogP contribution in [0.2, 0.25) is 0 Å². The monoisotopic (exact) mass is 588 g/mol. The van der Waals surface area contributed by atoms with Gasteiger partial charge in [0.2, 0.25) is 0 Å². The van der Waals surface area contributed by atoms with Crippen molar-refractivity contribution >= 4 is 5.97 Å². The first-order valence-electron chi connectivity index (χ1n) is 17.0. The van der Waals surface area contributed by atoms with Gasteiger partial charge in [-0.15, -0.1) is 0 Å². The summed E-state index contributed by atoms with van der Waals surface area (Å²) in [5, 5.41) is 0. The first-order chi connectivity index (χ1) is 21.1. The lowest BCUT2D eigenvalue weighted by Crippen LogP contribution is -2.12. The van der Waals surface area contributed by atoms with Crippen molar-refractivity contribution in [3.8, 4) is 17.0 Å². The second-order valence-corrected chi connectivity index (χ2v) is 11.9. The normalized spacial score (nSPS) is 11.1. The van der Waals surface area contributed by atoms with E-state index in [1.165, 1.54) is 120 Å². The lowest BCUT2D eigenvalue weighted by molar-refractivity contribution is 0.0721. The smallest absolute Gasteiger partial charge is 0.364 e. The maximum atomic E-state index is 14.7. The molecule has 0 saturated carbocycles. The zero-order valence-electron chi connectivity index (χ0n) is 26.7. The Labute approximate surface area is 259 Å². The molecule has 1 aromatic heterocycles. The van der Waals surface area contributed by atoms with Crippen LogP contribution in [0.4, 0.5) is 4.39 Å². The second-order valence-electron chi connectivity index (χ2n) is 11.9. The van der Waals surface area contributed by atoms with Crippen molar-refractivity contribution in [2.45, 2.75) is 136 Å². The Bertz CT molecular complexity index is 1180. The molecule has 0 unspecified atom stereocenters. The molecule has 5 heteroatoms. The summed E-state index contributed by atoms with van der Waals surface area (Å²) in [5.74, 6) is -1.33. The number of unbranched alkanes of at least 4 members (excludes halogenated alkanes) is 15. The van der Waals surface area contributed by atoms with Crippen molar-refractivity contribution < 1.29 is 13.9 Å². The van der Waals surface area contributed by atoms with Crippen molar-refractivity contribution in [2.75, 3.05) is 0 Å². The molecule has 0 saturated heterocycles. The number of ether oxygens (including phenoxy) is 1. The third-order valence-corrected chi connectivity index (χ3v) is 8.20. The van der Waals surface area contributed by atoms with Crippen molar-refractivity contribution in [3.05, 3.63) is 77.5 Å². The van der Waals surface area contributed by atoms with E-state index in [0.29, 0.717) is 5.69 Å². The zero-order valence-corrected chi connectivity index (χ0v) is 26.7. The predicted octanol–water partition coefficient (Wildman–Crippen LogP) is 11.3. The van der Waals surface area contributed by atoms with Gasteiger partial charge in [0, 0.05) is 5.56 Å². The minimum absolute atomic E-state index is 0.0492. The average Bonchev–Trinajstić information content (AvgIpc) is 3.03. The summed E-state index contributed by atoms with van der Waals surface area (Å²) in [6.07, 6.45) is 26.8. The number of halogens is 1. The molecule has 0 bridgehead atoms. The number of rotatable bonds is 22. The predicted molar refractivity (Wildman–Crippen MR) is 176 cm³/mol. The van der Waals surface area contributed by atoms with E-state index in [9.17, 15) is 9.18 Å². The highest BCUT2D eigenvalue weighted by Gasteiger charge is 2.15. The van der Waals surface area contributed by atoms with Gasteiger partial charge in [-0.3, -0.25) is 4.98 Å². The van der Waals surface area contributed by atoms with E-state index >= 15 is 0 Å². The van der Waals surface area contributed by atoms with Gasteiger partial charge in [-0.05, 0) is 48.9 Å². The molecule has 2 aromatic carbocycles. The number of hydrogen-bond acceptors (Lipinski definition) is 4. The van der Waals surface area contributed by atoms with Gasteiger partial charge in [-0.1, -0.05) is 140 Å². The number of carbonyl (C=O) groups excluding carboxylic acids is 1. The van der Waals surface area contributed by atoms with Gasteiger partial charge in [-0.2, -0.15) is 0 Å². The van der Waals surface area contributed by atoms with Crippen molar-refractivity contribution in [1.29, 1.82) is 0 Å². The summed E-state index contributed by atoms with van der Waals surface area (Å²) < 4.78 is 20.0. The Morgan fingerprint density at radius 1 is 0.628 bits per heavy atom. The highest BCUT2D eigenvalue weighted by molar-refractivity contribution is 5.88. The van der Waals surface area contributed by atoms with Crippen LogP contribution in [0.5, 0.6) is 5.75 Å². The Balaban J connectivity index is 1.38. The van der Waals surface area contributed by atoms with Crippen molar-refractivity contribution in [3.63, 3.8) is 0 Å². The van der Waals surface area contributed by atoms with Crippen LogP contribution in [0, 0.1) is 5.82 Å². The highest BCUT2D eigenvalue weighted by atomic mass is 19.1. The van der Waals surface area contributed by atoms with Crippen LogP contribution in [0.1, 0.15) is 145 Å². The van der Waals surface area contributed by atoms with Crippen molar-refractivity contribution in [2.24, 2.45) is 0 Å². The van der Waals surface area contributed by atoms with E-state index in [2.05, 4.69) is 48.1 Å². The fourth-order valence-corrected chi connectivity index (χ4v) is 5.46. The maximum Gasteiger partial charge on any atom is 0.364 e. The van der Waals surface area contributed by atoms with E-state index in [-0.39, 0.29) is 11.4 Å². The molecule has 0 aliphatic heterocycles. The van der Waals surface area contributed by atoms with Gasteiger partial charge in [0.1, 0.15) is 0 Å². The summed E-state index contributed by atoms with van der Waals surface area (Å²) in [5.41, 5.74) is 3.93. The third kappa shape index (κ3) is 13.4. The molecule has 4 nitrogen and oxygen atoms in total. The Morgan fingerprint density at radius 2 is 1.14 bits per heavy atom. The van der Waals surface area contributed by atoms with Crippen LogP contribution in [0.3, 0.4) is 0 Å². The molecule has 3 rings (SSSR count). The number of nitrogens with zero attached hydrogens (tertiary/aromatic N) is 2. The molecule has 0 atom stereocenters. The summed E-state index contributed by atoms with van der Waals surface area (Å²) in [7, 11) is 0. The van der Waals surface area contributed by atoms with Crippen molar-refractivity contribution in [1.82, 2.24) is 9.97 Å². The topological polar surface area (TPSA) is 52.1 Å². The zero-order chi connectivity index (χ0) is 30.5. The molecule has 0 fully saturated rings. The first kappa shape index (κ1) is 34.4. The van der Waals surface area contributed by atoms with E-state index < -0.39 is 11.8 Å². The molecular formula is C38H53FN2O2. The minimum Gasteiger partial charge on any atom is -0.419 e. The Morgan fingerprint density at radius 3 is 1.65 bits per heavy atom. The summed E-state index contributed by atoms with van der Waals surface area (Å²) >= 11 is 0. The summed E-state index contributed by atoms with van der Waals surface area (Å²) in [6.45, 7) is 4.49. The average molecular weight is 589 g/mol. The number of benzene rings is 2. The molecule has 43 heavy (non-hydrogen) atoms. The van der Waals surface area contributed by atoms with Gasteiger partial charge < -0.3 is 4.74 Å². The van der Waals surface area contributed by atoms with Crippen LogP contribution in [-0.2, 0) is 12.8 Å². The SMILES string of the molecule is CCCCCCCCCCCc1ccc(-c2cnc(C(=O)Oc3ccc(CCCCCCCCCC)cc3F)cn2)cc1. The molecule has 0 aliphatic carbocycles. The molecule has 1 heterocycles. The summed E-state index contributed by atoms with van der Waals surface area (Å²) in [6, 6.07) is 13.2. The quantitative estimate of drug-likeness (QED) is 0.0665. The lowest BCUT2D eigenvalue weighted by Gasteiger charge is -2.08. The number of hydrogen-bond donors (Lipinski definition) is 0. The standard InChI is InChI=1S/C38H53FN2O2/c1-3-5-7-9-11-13-15-16-18-20-31-22-25-33(26-23-31)35-29-41-36(30-40-35)38(42)43-37-27-24-32(28-34(37)39)21-19-17-14-12-10-8-6-4-2/h22-30H,3-21H2,1-2H3. The Kier molecular flexibility index (Phi) is 16.6. The van der Waals surface area contributed by atoms with Crippen LogP contribution in [0.15, 0.2) is 54.9 Å². The third-order valence-electron chi connectivity index (χ3n) is 8.20. The van der Waals surface area contributed by atoms with Crippen LogP contribution >= 0.6 is 0 Å². The fraction of sp³-hybridized carbons (Fsp3) is 0.553. The second kappa shape index (κ2) is 20.8. The maximum absolute atomic E-state index is 14.7. The lowest BCUT2D eigenvalue weighted by atomic mass is 10.0.